The zero-order valence-electron chi connectivity index (χ0n) is 12.9. The van der Waals surface area contributed by atoms with Gasteiger partial charge in [-0.05, 0) is 43.4 Å². The molecule has 114 valence electrons. The Bertz CT molecular complexity index is 325. The number of nitrogens with one attached hydrogen (secondary N) is 2. The first-order valence-corrected chi connectivity index (χ1v) is 8.91. The predicted molar refractivity (Wildman–Crippen MR) is 85.0 cm³/mol. The van der Waals surface area contributed by atoms with E-state index in [1.807, 2.05) is 0 Å². The van der Waals surface area contributed by atoms with Crippen LogP contribution in [0.3, 0.4) is 0 Å². The summed E-state index contributed by atoms with van der Waals surface area (Å²) in [6.45, 7) is 3.23. The number of rotatable bonds is 3. The maximum absolute atomic E-state index is 4.58. The molecule has 0 bridgehead atoms. The molecule has 0 saturated heterocycles. The Morgan fingerprint density at radius 2 is 1.75 bits per heavy atom. The SMILES string of the molecule is C1CCC(C2(CNC3=NCCCN3)CCCCC2)CC1. The summed E-state index contributed by atoms with van der Waals surface area (Å²) in [5.74, 6) is 2.03. The summed E-state index contributed by atoms with van der Waals surface area (Å²) in [7, 11) is 0. The van der Waals surface area contributed by atoms with E-state index in [0.717, 1.165) is 31.5 Å². The molecule has 0 aromatic carbocycles. The second-order valence-corrected chi connectivity index (χ2v) is 7.12. The summed E-state index contributed by atoms with van der Waals surface area (Å²) in [5, 5.41) is 7.09. The summed E-state index contributed by atoms with van der Waals surface area (Å²) in [5.41, 5.74) is 0.570. The second-order valence-electron chi connectivity index (χ2n) is 7.12. The van der Waals surface area contributed by atoms with Crippen LogP contribution >= 0.6 is 0 Å². The summed E-state index contributed by atoms with van der Waals surface area (Å²) < 4.78 is 0. The highest BCUT2D eigenvalue weighted by Crippen LogP contribution is 2.47. The standard InChI is InChI=1S/C17H31N3/c1-3-8-15(9-4-1)17(10-5-2-6-11-17)14-20-16-18-12-7-13-19-16/h15H,1-14H2,(H2,18,19,20). The third-order valence-corrected chi connectivity index (χ3v) is 5.83. The molecule has 1 aliphatic heterocycles. The number of hydrogen-bond donors (Lipinski definition) is 2. The molecule has 0 aromatic heterocycles. The lowest BCUT2D eigenvalue weighted by Gasteiger charge is -2.46. The lowest BCUT2D eigenvalue weighted by Crippen LogP contribution is -2.49. The first-order chi connectivity index (χ1) is 9.89. The van der Waals surface area contributed by atoms with Crippen LogP contribution in [0, 0.1) is 11.3 Å². The molecule has 0 atom stereocenters. The van der Waals surface area contributed by atoms with Crippen LogP contribution in [0.4, 0.5) is 0 Å². The highest BCUT2D eigenvalue weighted by Gasteiger charge is 2.39. The smallest absolute Gasteiger partial charge is 0.191 e. The third kappa shape index (κ3) is 3.29. The molecule has 2 N–H and O–H groups in total. The zero-order valence-corrected chi connectivity index (χ0v) is 12.9. The van der Waals surface area contributed by atoms with Gasteiger partial charge in [0.2, 0.25) is 0 Å². The number of aliphatic imine (C=N–C) groups is 1. The quantitative estimate of drug-likeness (QED) is 0.829. The van der Waals surface area contributed by atoms with Gasteiger partial charge in [0, 0.05) is 19.6 Å². The van der Waals surface area contributed by atoms with Crippen molar-refractivity contribution in [2.45, 2.75) is 70.6 Å². The monoisotopic (exact) mass is 277 g/mol. The van der Waals surface area contributed by atoms with E-state index >= 15 is 0 Å². The molecule has 3 heteroatoms. The van der Waals surface area contributed by atoms with Gasteiger partial charge in [-0.25, -0.2) is 0 Å². The van der Waals surface area contributed by atoms with E-state index in [-0.39, 0.29) is 0 Å². The van der Waals surface area contributed by atoms with Crippen LogP contribution in [-0.2, 0) is 0 Å². The minimum atomic E-state index is 0.570. The van der Waals surface area contributed by atoms with Crippen molar-refractivity contribution in [3.05, 3.63) is 0 Å². The van der Waals surface area contributed by atoms with Gasteiger partial charge in [-0.1, -0.05) is 38.5 Å². The van der Waals surface area contributed by atoms with Gasteiger partial charge < -0.3 is 10.6 Å². The minimum Gasteiger partial charge on any atom is -0.356 e. The van der Waals surface area contributed by atoms with Crippen molar-refractivity contribution in [2.75, 3.05) is 19.6 Å². The highest BCUT2D eigenvalue weighted by molar-refractivity contribution is 5.80. The van der Waals surface area contributed by atoms with Gasteiger partial charge >= 0.3 is 0 Å². The third-order valence-electron chi connectivity index (χ3n) is 5.83. The van der Waals surface area contributed by atoms with Crippen molar-refractivity contribution in [3.8, 4) is 0 Å². The molecule has 2 saturated carbocycles. The fraction of sp³-hybridized carbons (Fsp3) is 0.941. The van der Waals surface area contributed by atoms with E-state index in [4.69, 9.17) is 0 Å². The van der Waals surface area contributed by atoms with Crippen molar-refractivity contribution in [2.24, 2.45) is 16.3 Å². The Balaban J connectivity index is 1.63. The van der Waals surface area contributed by atoms with Crippen LogP contribution in [0.25, 0.3) is 0 Å². The van der Waals surface area contributed by atoms with Crippen molar-refractivity contribution in [1.29, 1.82) is 0 Å². The van der Waals surface area contributed by atoms with Gasteiger partial charge in [0.1, 0.15) is 0 Å². The topological polar surface area (TPSA) is 36.4 Å². The number of hydrogen-bond acceptors (Lipinski definition) is 3. The van der Waals surface area contributed by atoms with Gasteiger partial charge in [0.05, 0.1) is 0 Å². The van der Waals surface area contributed by atoms with Crippen LogP contribution in [0.2, 0.25) is 0 Å². The lowest BCUT2D eigenvalue weighted by atomic mass is 9.61. The molecule has 3 aliphatic rings. The van der Waals surface area contributed by atoms with Crippen LogP contribution < -0.4 is 10.6 Å². The fourth-order valence-electron chi connectivity index (χ4n) is 4.61. The molecule has 0 amide bonds. The molecule has 0 unspecified atom stereocenters. The summed E-state index contributed by atoms with van der Waals surface area (Å²) in [6, 6.07) is 0. The Morgan fingerprint density at radius 3 is 2.45 bits per heavy atom. The Hall–Kier alpha value is -0.730. The first kappa shape index (κ1) is 14.2. The molecule has 2 aliphatic carbocycles. The van der Waals surface area contributed by atoms with Crippen molar-refractivity contribution in [1.82, 2.24) is 10.6 Å². The van der Waals surface area contributed by atoms with E-state index in [1.165, 1.54) is 70.6 Å². The Labute approximate surface area is 124 Å². The van der Waals surface area contributed by atoms with Crippen LogP contribution in [0.5, 0.6) is 0 Å². The normalized spacial score (nSPS) is 27.5. The van der Waals surface area contributed by atoms with Crippen molar-refractivity contribution in [3.63, 3.8) is 0 Å². The Kier molecular flexibility index (Phi) is 4.85. The molecular weight excluding hydrogens is 246 g/mol. The molecule has 0 spiro atoms. The largest absolute Gasteiger partial charge is 0.356 e. The highest BCUT2D eigenvalue weighted by atomic mass is 15.2. The molecule has 0 aromatic rings. The summed E-state index contributed by atoms with van der Waals surface area (Å²) in [6.07, 6.45) is 15.7. The zero-order chi connectivity index (χ0) is 13.7. The Morgan fingerprint density at radius 1 is 1.00 bits per heavy atom. The number of nitrogens with zero attached hydrogens (tertiary/aromatic N) is 1. The maximum Gasteiger partial charge on any atom is 0.191 e. The summed E-state index contributed by atoms with van der Waals surface area (Å²) >= 11 is 0. The van der Waals surface area contributed by atoms with Gasteiger partial charge in [-0.2, -0.15) is 0 Å². The van der Waals surface area contributed by atoms with Gasteiger partial charge in [0.25, 0.3) is 0 Å². The average molecular weight is 277 g/mol. The molecule has 20 heavy (non-hydrogen) atoms. The van der Waals surface area contributed by atoms with E-state index in [2.05, 4.69) is 15.6 Å². The van der Waals surface area contributed by atoms with E-state index in [1.54, 1.807) is 0 Å². The van der Waals surface area contributed by atoms with Gasteiger partial charge in [-0.15, -0.1) is 0 Å². The second kappa shape index (κ2) is 6.82. The molecule has 2 fully saturated rings. The van der Waals surface area contributed by atoms with Gasteiger partial charge in [-0.3, -0.25) is 4.99 Å². The molecule has 3 nitrogen and oxygen atoms in total. The van der Waals surface area contributed by atoms with Crippen LogP contribution in [0.15, 0.2) is 4.99 Å². The predicted octanol–water partition coefficient (Wildman–Crippen LogP) is 3.46. The van der Waals surface area contributed by atoms with Crippen molar-refractivity contribution < 1.29 is 0 Å². The van der Waals surface area contributed by atoms with Crippen LogP contribution in [-0.4, -0.2) is 25.6 Å². The lowest BCUT2D eigenvalue weighted by molar-refractivity contribution is 0.0711. The molecular formula is C17H31N3. The first-order valence-electron chi connectivity index (χ1n) is 8.91. The van der Waals surface area contributed by atoms with Crippen LogP contribution in [0.1, 0.15) is 70.6 Å². The van der Waals surface area contributed by atoms with Gasteiger partial charge in [0.15, 0.2) is 5.96 Å². The summed E-state index contributed by atoms with van der Waals surface area (Å²) in [4.78, 5) is 4.58. The number of guanidine groups is 1. The maximum atomic E-state index is 4.58. The fourth-order valence-corrected chi connectivity index (χ4v) is 4.61. The minimum absolute atomic E-state index is 0.570. The molecule has 3 rings (SSSR count). The van der Waals surface area contributed by atoms with Crippen molar-refractivity contribution >= 4 is 5.96 Å². The van der Waals surface area contributed by atoms with E-state index in [0.29, 0.717) is 5.41 Å². The molecule has 1 heterocycles. The molecule has 0 radical (unpaired) electrons. The average Bonchev–Trinajstić information content (AvgIpc) is 2.56. The van der Waals surface area contributed by atoms with E-state index < -0.39 is 0 Å². The van der Waals surface area contributed by atoms with E-state index in [9.17, 15) is 0 Å².